The lowest BCUT2D eigenvalue weighted by molar-refractivity contribution is 0.387. The fourth-order valence-electron chi connectivity index (χ4n) is 2.62. The summed E-state index contributed by atoms with van der Waals surface area (Å²) in [7, 11) is -3.59. The van der Waals surface area contributed by atoms with Gasteiger partial charge < -0.3 is 9.42 Å². The fourth-order valence-corrected chi connectivity index (χ4v) is 3.44. The predicted molar refractivity (Wildman–Crippen MR) is 98.4 cm³/mol. The van der Waals surface area contributed by atoms with E-state index in [0.717, 1.165) is 27.5 Å². The Morgan fingerprint density at radius 3 is 2.57 bits per heavy atom. The van der Waals surface area contributed by atoms with Crippen LogP contribution in [0.15, 0.2) is 60.7 Å². The molecule has 0 aliphatic rings. The summed E-state index contributed by atoms with van der Waals surface area (Å²) in [6.07, 6.45) is 0. The molecule has 0 radical (unpaired) electrons. The molecular formula is C18H16BrO3P. The van der Waals surface area contributed by atoms with E-state index in [1.807, 2.05) is 24.3 Å². The van der Waals surface area contributed by atoms with Crippen LogP contribution < -0.4 is 4.52 Å². The largest absolute Gasteiger partial charge is 0.425 e. The Balaban J connectivity index is 2.18. The van der Waals surface area contributed by atoms with Crippen molar-refractivity contribution in [3.8, 4) is 16.9 Å². The van der Waals surface area contributed by atoms with Crippen molar-refractivity contribution in [3.05, 3.63) is 66.2 Å². The summed E-state index contributed by atoms with van der Waals surface area (Å²) in [4.78, 5) is 9.49. The Morgan fingerprint density at radius 2 is 1.83 bits per heavy atom. The van der Waals surface area contributed by atoms with Gasteiger partial charge in [0.2, 0.25) is 0 Å². The van der Waals surface area contributed by atoms with Crippen molar-refractivity contribution in [2.45, 2.75) is 5.33 Å². The van der Waals surface area contributed by atoms with Gasteiger partial charge in [-0.25, -0.2) is 4.57 Å². The molecule has 3 aromatic carbocycles. The Hall–Kier alpha value is -1.61. The van der Waals surface area contributed by atoms with E-state index in [-0.39, 0.29) is 0 Å². The lowest BCUT2D eigenvalue weighted by atomic mass is 9.97. The Morgan fingerprint density at radius 1 is 1.09 bits per heavy atom. The van der Waals surface area contributed by atoms with Crippen LogP contribution in [0.4, 0.5) is 0 Å². The number of benzene rings is 3. The average Bonchev–Trinajstić information content (AvgIpc) is 2.52. The zero-order valence-corrected chi connectivity index (χ0v) is 15.0. The number of rotatable bonds is 4. The average molecular weight is 391 g/mol. The molecule has 0 aliphatic carbocycles. The highest BCUT2D eigenvalue weighted by Crippen LogP contribution is 2.40. The van der Waals surface area contributed by atoms with Gasteiger partial charge in [0.15, 0.2) is 0 Å². The summed E-state index contributed by atoms with van der Waals surface area (Å²) < 4.78 is 16.8. The summed E-state index contributed by atoms with van der Waals surface area (Å²) in [5, 5.41) is 2.93. The third-order valence-electron chi connectivity index (χ3n) is 3.50. The number of fused-ring (bicyclic) bond motifs is 1. The minimum Gasteiger partial charge on any atom is -0.425 e. The van der Waals surface area contributed by atoms with Gasteiger partial charge in [-0.2, -0.15) is 0 Å². The van der Waals surface area contributed by atoms with Crippen molar-refractivity contribution in [2.75, 3.05) is 6.66 Å². The van der Waals surface area contributed by atoms with Gasteiger partial charge in [-0.1, -0.05) is 64.5 Å². The Kier molecular flexibility index (Phi) is 4.58. The van der Waals surface area contributed by atoms with Crippen LogP contribution in [0.2, 0.25) is 0 Å². The molecule has 23 heavy (non-hydrogen) atoms. The van der Waals surface area contributed by atoms with E-state index < -0.39 is 7.60 Å². The first-order valence-electron chi connectivity index (χ1n) is 7.14. The first-order valence-corrected chi connectivity index (χ1v) is 10.3. The van der Waals surface area contributed by atoms with Gasteiger partial charge in [0.25, 0.3) is 0 Å². The van der Waals surface area contributed by atoms with E-state index in [4.69, 9.17) is 4.52 Å². The van der Waals surface area contributed by atoms with Crippen LogP contribution >= 0.6 is 23.5 Å². The van der Waals surface area contributed by atoms with Crippen molar-refractivity contribution in [2.24, 2.45) is 0 Å². The van der Waals surface area contributed by atoms with Gasteiger partial charge in [0.05, 0.1) is 0 Å². The second-order valence-electron chi connectivity index (χ2n) is 5.42. The zero-order valence-electron chi connectivity index (χ0n) is 12.6. The summed E-state index contributed by atoms with van der Waals surface area (Å²) in [5.74, 6) is 0.401. The first kappa shape index (κ1) is 16.3. The normalized spacial score (nSPS) is 13.7. The fraction of sp³-hybridized carbons (Fsp3) is 0.111. The van der Waals surface area contributed by atoms with Crippen molar-refractivity contribution < 1.29 is 14.0 Å². The van der Waals surface area contributed by atoms with E-state index >= 15 is 0 Å². The molecule has 0 amide bonds. The molecule has 0 heterocycles. The summed E-state index contributed by atoms with van der Waals surface area (Å²) in [6.45, 7) is 1.19. The van der Waals surface area contributed by atoms with Gasteiger partial charge in [-0.15, -0.1) is 0 Å². The van der Waals surface area contributed by atoms with Gasteiger partial charge in [0, 0.05) is 12.0 Å². The number of hydrogen-bond donors (Lipinski definition) is 1. The van der Waals surface area contributed by atoms with Crippen LogP contribution in [-0.4, -0.2) is 11.6 Å². The first-order chi connectivity index (χ1) is 11.0. The van der Waals surface area contributed by atoms with Crippen LogP contribution in [0.25, 0.3) is 21.9 Å². The van der Waals surface area contributed by atoms with Crippen LogP contribution in [0.3, 0.4) is 0 Å². The second-order valence-corrected chi connectivity index (χ2v) is 7.77. The molecule has 0 saturated heterocycles. The van der Waals surface area contributed by atoms with Gasteiger partial charge in [-0.3, -0.25) is 0 Å². The van der Waals surface area contributed by atoms with Crippen LogP contribution in [0, 0.1) is 0 Å². The lowest BCUT2D eigenvalue weighted by Crippen LogP contribution is -1.92. The van der Waals surface area contributed by atoms with Crippen molar-refractivity contribution >= 4 is 34.3 Å². The van der Waals surface area contributed by atoms with E-state index in [1.165, 1.54) is 6.66 Å². The number of alkyl halides is 1. The highest BCUT2D eigenvalue weighted by molar-refractivity contribution is 9.08. The summed E-state index contributed by atoms with van der Waals surface area (Å²) in [6, 6.07) is 19.9. The molecule has 1 unspecified atom stereocenters. The molecule has 0 spiro atoms. The van der Waals surface area contributed by atoms with Crippen LogP contribution in [-0.2, 0) is 9.90 Å². The van der Waals surface area contributed by atoms with E-state index in [0.29, 0.717) is 11.1 Å². The van der Waals surface area contributed by atoms with Crippen molar-refractivity contribution in [1.82, 2.24) is 0 Å². The molecule has 3 aromatic rings. The molecule has 0 bridgehead atoms. The Labute approximate surface area is 143 Å². The highest BCUT2D eigenvalue weighted by Gasteiger charge is 2.14. The quantitative estimate of drug-likeness (QED) is 0.466. The summed E-state index contributed by atoms with van der Waals surface area (Å²) in [5.41, 5.74) is 3.01. The molecular weight excluding hydrogens is 375 g/mol. The minimum absolute atomic E-state index is 0.401. The van der Waals surface area contributed by atoms with Crippen LogP contribution in [0.5, 0.6) is 5.75 Å². The second kappa shape index (κ2) is 6.48. The van der Waals surface area contributed by atoms with Crippen molar-refractivity contribution in [1.29, 1.82) is 0 Å². The van der Waals surface area contributed by atoms with Gasteiger partial charge >= 0.3 is 7.60 Å². The zero-order chi connectivity index (χ0) is 16.4. The molecule has 5 heteroatoms. The SMILES string of the molecule is CP(=O)(O)Oc1cc(CBr)cc(-c2cccc3ccccc23)c1. The molecule has 0 fully saturated rings. The smallest absolute Gasteiger partial charge is 0.373 e. The number of hydrogen-bond acceptors (Lipinski definition) is 2. The maximum Gasteiger partial charge on any atom is 0.373 e. The third-order valence-corrected chi connectivity index (χ3v) is 4.69. The molecule has 1 atom stereocenters. The Bertz CT molecular complexity index is 896. The molecule has 3 nitrogen and oxygen atoms in total. The van der Waals surface area contributed by atoms with Crippen LogP contribution in [0.1, 0.15) is 5.56 Å². The number of halogens is 1. The topological polar surface area (TPSA) is 46.5 Å². The molecule has 1 N–H and O–H groups in total. The van der Waals surface area contributed by atoms with E-state index in [9.17, 15) is 9.46 Å². The van der Waals surface area contributed by atoms with Crippen molar-refractivity contribution in [3.63, 3.8) is 0 Å². The van der Waals surface area contributed by atoms with Gasteiger partial charge in [0.1, 0.15) is 5.75 Å². The summed E-state index contributed by atoms with van der Waals surface area (Å²) >= 11 is 3.44. The highest BCUT2D eigenvalue weighted by atomic mass is 79.9. The maximum atomic E-state index is 11.6. The molecule has 3 rings (SSSR count). The predicted octanol–water partition coefficient (Wildman–Crippen LogP) is 5.60. The molecule has 0 saturated carbocycles. The van der Waals surface area contributed by atoms with Gasteiger partial charge in [-0.05, 0) is 39.6 Å². The maximum absolute atomic E-state index is 11.6. The molecule has 0 aliphatic heterocycles. The monoisotopic (exact) mass is 390 g/mol. The molecule has 118 valence electrons. The minimum atomic E-state index is -3.59. The molecule has 0 aromatic heterocycles. The standard InChI is InChI=1S/C18H16BrO3P/c1-23(20,21)22-16-10-13(12-19)9-15(11-16)18-8-4-6-14-5-2-3-7-17(14)18/h2-11H,12H2,1H3,(H,20,21). The van der Waals surface area contributed by atoms with E-state index in [2.05, 4.69) is 40.2 Å². The third kappa shape index (κ3) is 3.84. The lowest BCUT2D eigenvalue weighted by Gasteiger charge is -2.13. The van der Waals surface area contributed by atoms with E-state index in [1.54, 1.807) is 12.1 Å².